The van der Waals surface area contributed by atoms with Gasteiger partial charge in [-0.25, -0.2) is 0 Å². The fraction of sp³-hybridized carbons (Fsp3) is 0.875. The van der Waals surface area contributed by atoms with E-state index < -0.39 is 5.54 Å². The summed E-state index contributed by atoms with van der Waals surface area (Å²) in [6.07, 6.45) is 0. The number of nitrogens with one attached hydrogen (secondary N) is 1. The van der Waals surface area contributed by atoms with Crippen LogP contribution in [0.5, 0.6) is 0 Å². The Hall–Kier alpha value is -0.930. The van der Waals surface area contributed by atoms with Crippen LogP contribution < -0.4 is 5.32 Å². The van der Waals surface area contributed by atoms with Gasteiger partial charge in [-0.3, -0.25) is 4.79 Å². The van der Waals surface area contributed by atoms with Crippen LogP contribution >= 0.6 is 0 Å². The van der Waals surface area contributed by atoms with Crippen LogP contribution in [0.15, 0.2) is 5.18 Å². The monoisotopic (exact) mass is 172 g/mol. The summed E-state index contributed by atoms with van der Waals surface area (Å²) < 4.78 is 0. The van der Waals surface area contributed by atoms with Gasteiger partial charge >= 0.3 is 0 Å². The molecule has 0 rings (SSSR count). The van der Waals surface area contributed by atoms with E-state index >= 15 is 0 Å². The first-order valence-corrected chi connectivity index (χ1v) is 3.86. The fourth-order valence-electron chi connectivity index (χ4n) is 0.535. The van der Waals surface area contributed by atoms with E-state index in [1.165, 1.54) is 13.8 Å². The van der Waals surface area contributed by atoms with E-state index in [2.05, 4.69) is 10.5 Å². The van der Waals surface area contributed by atoms with Gasteiger partial charge in [0.2, 0.25) is 0 Å². The minimum atomic E-state index is -1.17. The second kappa shape index (κ2) is 3.21. The lowest BCUT2D eigenvalue weighted by atomic mass is 10.0. The molecule has 0 saturated heterocycles. The zero-order valence-corrected chi connectivity index (χ0v) is 8.26. The zero-order chi connectivity index (χ0) is 9.99. The number of nitrogens with zero attached hydrogens (tertiary/aromatic N) is 1. The lowest BCUT2D eigenvalue weighted by molar-refractivity contribution is -0.126. The van der Waals surface area contributed by atoms with Crippen molar-refractivity contribution in [3.05, 3.63) is 4.91 Å². The summed E-state index contributed by atoms with van der Waals surface area (Å²) in [6, 6.07) is 0. The van der Waals surface area contributed by atoms with Gasteiger partial charge in [0.05, 0.1) is 0 Å². The topological polar surface area (TPSA) is 58.5 Å². The lowest BCUT2D eigenvalue weighted by Crippen LogP contribution is -2.49. The molecule has 0 saturated carbocycles. The molecule has 0 radical (unpaired) electrons. The van der Waals surface area contributed by atoms with Crippen LogP contribution in [0, 0.1) is 4.91 Å². The summed E-state index contributed by atoms with van der Waals surface area (Å²) in [7, 11) is 0. The van der Waals surface area contributed by atoms with Crippen LogP contribution in [-0.4, -0.2) is 17.0 Å². The molecule has 0 aliphatic heterocycles. The van der Waals surface area contributed by atoms with Crippen molar-refractivity contribution in [2.45, 2.75) is 45.7 Å². The predicted octanol–water partition coefficient (Wildman–Crippen LogP) is 1.45. The summed E-state index contributed by atoms with van der Waals surface area (Å²) in [5, 5.41) is 5.42. The van der Waals surface area contributed by atoms with E-state index in [1.807, 2.05) is 20.8 Å². The molecular formula is C8H16N2O2. The second-order valence-corrected chi connectivity index (χ2v) is 4.35. The van der Waals surface area contributed by atoms with Crippen molar-refractivity contribution in [1.29, 1.82) is 0 Å². The van der Waals surface area contributed by atoms with E-state index in [0.717, 1.165) is 0 Å². The van der Waals surface area contributed by atoms with E-state index in [0.29, 0.717) is 0 Å². The van der Waals surface area contributed by atoms with E-state index in [-0.39, 0.29) is 11.4 Å². The molecule has 0 bridgehead atoms. The van der Waals surface area contributed by atoms with Gasteiger partial charge in [-0.2, -0.15) is 0 Å². The van der Waals surface area contributed by atoms with Crippen LogP contribution in [0.4, 0.5) is 0 Å². The van der Waals surface area contributed by atoms with Gasteiger partial charge in [-0.05, 0) is 34.6 Å². The minimum absolute atomic E-state index is 0.320. The maximum atomic E-state index is 11.3. The smallest absolute Gasteiger partial charge is 0.251 e. The lowest BCUT2D eigenvalue weighted by Gasteiger charge is -2.24. The van der Waals surface area contributed by atoms with E-state index in [9.17, 15) is 9.70 Å². The first-order chi connectivity index (χ1) is 5.19. The highest BCUT2D eigenvalue weighted by Gasteiger charge is 2.31. The number of rotatable bonds is 2. The van der Waals surface area contributed by atoms with Crippen molar-refractivity contribution in [2.75, 3.05) is 0 Å². The summed E-state index contributed by atoms with van der Waals surface area (Å²) in [5.41, 5.74) is -1.49. The van der Waals surface area contributed by atoms with Crippen LogP contribution in [0.3, 0.4) is 0 Å². The number of carbonyl (C=O) groups excluding carboxylic acids is 1. The standard InChI is InChI=1S/C8H16N2O2/c1-7(2,3)9-6(11)8(4,5)10-12/h1-5H3,(H,9,11). The molecule has 1 amide bonds. The molecule has 0 aliphatic carbocycles. The number of carbonyl (C=O) groups is 1. The Morgan fingerprint density at radius 1 is 1.17 bits per heavy atom. The molecule has 0 fully saturated rings. The molecule has 0 spiro atoms. The third-order valence-corrected chi connectivity index (χ3v) is 1.27. The molecule has 1 N–H and O–H groups in total. The zero-order valence-electron chi connectivity index (χ0n) is 8.26. The quantitative estimate of drug-likeness (QED) is 0.641. The van der Waals surface area contributed by atoms with E-state index in [4.69, 9.17) is 0 Å². The van der Waals surface area contributed by atoms with Gasteiger partial charge in [0, 0.05) is 5.54 Å². The van der Waals surface area contributed by atoms with Crippen molar-refractivity contribution in [1.82, 2.24) is 5.32 Å². The van der Waals surface area contributed by atoms with Gasteiger partial charge in [0.15, 0.2) is 5.54 Å². The summed E-state index contributed by atoms with van der Waals surface area (Å²) in [5.74, 6) is -0.343. The van der Waals surface area contributed by atoms with Crippen molar-refractivity contribution in [3.63, 3.8) is 0 Å². The molecule has 0 aromatic rings. The van der Waals surface area contributed by atoms with Crippen LogP contribution in [0.1, 0.15) is 34.6 Å². The van der Waals surface area contributed by atoms with Gasteiger partial charge in [0.1, 0.15) is 0 Å². The highest BCUT2D eigenvalue weighted by molar-refractivity contribution is 5.86. The summed E-state index contributed by atoms with van der Waals surface area (Å²) in [6.45, 7) is 8.53. The molecule has 4 nitrogen and oxygen atoms in total. The third kappa shape index (κ3) is 3.46. The molecule has 0 atom stereocenters. The van der Waals surface area contributed by atoms with Crippen LogP contribution in [-0.2, 0) is 4.79 Å². The van der Waals surface area contributed by atoms with Gasteiger partial charge in [0.25, 0.3) is 5.91 Å². The second-order valence-electron chi connectivity index (χ2n) is 4.35. The molecule has 0 heterocycles. The molecule has 0 aromatic heterocycles. The van der Waals surface area contributed by atoms with Crippen molar-refractivity contribution in [2.24, 2.45) is 5.18 Å². The Morgan fingerprint density at radius 3 is 1.83 bits per heavy atom. The third-order valence-electron chi connectivity index (χ3n) is 1.27. The van der Waals surface area contributed by atoms with Crippen molar-refractivity contribution in [3.8, 4) is 0 Å². The summed E-state index contributed by atoms with van der Waals surface area (Å²) in [4.78, 5) is 21.5. The highest BCUT2D eigenvalue weighted by Crippen LogP contribution is 2.10. The average Bonchev–Trinajstić information content (AvgIpc) is 1.84. The Balaban J connectivity index is 4.33. The Morgan fingerprint density at radius 2 is 1.58 bits per heavy atom. The number of nitroso groups, excluding NO2 is 1. The Labute approximate surface area is 72.7 Å². The number of hydrogen-bond acceptors (Lipinski definition) is 3. The molecular weight excluding hydrogens is 156 g/mol. The molecule has 70 valence electrons. The van der Waals surface area contributed by atoms with Crippen LogP contribution in [0.25, 0.3) is 0 Å². The van der Waals surface area contributed by atoms with Gasteiger partial charge in [-0.15, -0.1) is 4.91 Å². The summed E-state index contributed by atoms with van der Waals surface area (Å²) >= 11 is 0. The average molecular weight is 172 g/mol. The SMILES string of the molecule is CC(C)(C)NC(=O)C(C)(C)N=O. The number of hydrogen-bond donors (Lipinski definition) is 1. The Kier molecular flexibility index (Phi) is 2.96. The normalized spacial score (nSPS) is 12.4. The first kappa shape index (κ1) is 11.1. The Bertz CT molecular complexity index is 192. The molecule has 4 heteroatoms. The van der Waals surface area contributed by atoms with Crippen molar-refractivity contribution >= 4 is 5.91 Å². The molecule has 0 aromatic carbocycles. The molecule has 12 heavy (non-hydrogen) atoms. The van der Waals surface area contributed by atoms with Crippen LogP contribution in [0.2, 0.25) is 0 Å². The minimum Gasteiger partial charge on any atom is -0.349 e. The first-order valence-electron chi connectivity index (χ1n) is 3.86. The predicted molar refractivity (Wildman–Crippen MR) is 47.8 cm³/mol. The maximum Gasteiger partial charge on any atom is 0.251 e. The fourth-order valence-corrected chi connectivity index (χ4v) is 0.535. The van der Waals surface area contributed by atoms with E-state index in [1.54, 1.807) is 0 Å². The maximum absolute atomic E-state index is 11.3. The van der Waals surface area contributed by atoms with Gasteiger partial charge < -0.3 is 5.32 Å². The number of amides is 1. The van der Waals surface area contributed by atoms with Gasteiger partial charge in [-0.1, -0.05) is 5.18 Å². The highest BCUT2D eigenvalue weighted by atomic mass is 16.3. The van der Waals surface area contributed by atoms with Crippen molar-refractivity contribution < 1.29 is 4.79 Å². The molecule has 0 aliphatic rings. The molecule has 0 unspecified atom stereocenters. The largest absolute Gasteiger partial charge is 0.349 e.